The number of nitrogens with zero attached hydrogens (tertiary/aromatic N) is 1. The maximum atomic E-state index is 5.43. The lowest BCUT2D eigenvalue weighted by atomic mass is 10.6. The highest BCUT2D eigenvalue weighted by molar-refractivity contribution is 8.01. The number of thioether (sulfide) groups is 1. The van der Waals surface area contributed by atoms with Crippen molar-refractivity contribution in [1.82, 2.24) is 4.98 Å². The standard InChI is InChI=1S/C6H9N2S2/c1-2-3-9-6-8-5(7)4-10-6/h2,4H,3,7H2,1H3. The SMILES string of the molecule is C[CH]CSc1nc(N)cs1. The molecule has 1 radical (unpaired) electrons. The summed E-state index contributed by atoms with van der Waals surface area (Å²) in [5.74, 6) is 1.64. The molecule has 0 amide bonds. The van der Waals surface area contributed by atoms with Gasteiger partial charge in [0.05, 0.1) is 0 Å². The van der Waals surface area contributed by atoms with Crippen LogP contribution in [-0.2, 0) is 0 Å². The zero-order valence-electron chi connectivity index (χ0n) is 5.70. The number of thiazole rings is 1. The minimum atomic E-state index is 0.628. The molecule has 0 unspecified atom stereocenters. The van der Waals surface area contributed by atoms with Gasteiger partial charge < -0.3 is 5.73 Å². The van der Waals surface area contributed by atoms with Gasteiger partial charge in [-0.2, -0.15) is 0 Å². The van der Waals surface area contributed by atoms with Gasteiger partial charge in [0.1, 0.15) is 5.82 Å². The summed E-state index contributed by atoms with van der Waals surface area (Å²) in [5, 5.41) is 1.86. The fraction of sp³-hybridized carbons (Fsp3) is 0.333. The third-order valence-corrected chi connectivity index (χ3v) is 3.01. The number of hydrogen-bond acceptors (Lipinski definition) is 4. The molecule has 0 spiro atoms. The van der Waals surface area contributed by atoms with Gasteiger partial charge in [0.15, 0.2) is 4.34 Å². The molecule has 0 aliphatic rings. The number of nitrogen functional groups attached to an aromatic ring is 1. The van der Waals surface area contributed by atoms with Gasteiger partial charge in [0.2, 0.25) is 0 Å². The average Bonchev–Trinajstić information content (AvgIpc) is 2.31. The topological polar surface area (TPSA) is 38.9 Å². The molecule has 1 aromatic rings. The van der Waals surface area contributed by atoms with E-state index < -0.39 is 0 Å². The Morgan fingerprint density at radius 1 is 1.90 bits per heavy atom. The molecule has 0 aromatic carbocycles. The predicted octanol–water partition coefficient (Wildman–Crippen LogP) is 2.04. The van der Waals surface area contributed by atoms with E-state index in [9.17, 15) is 0 Å². The van der Waals surface area contributed by atoms with Crippen molar-refractivity contribution in [3.05, 3.63) is 11.8 Å². The van der Waals surface area contributed by atoms with Crippen LogP contribution in [0.2, 0.25) is 0 Å². The molecule has 55 valence electrons. The van der Waals surface area contributed by atoms with Gasteiger partial charge in [-0.3, -0.25) is 0 Å². The summed E-state index contributed by atoms with van der Waals surface area (Å²) < 4.78 is 1.05. The zero-order valence-corrected chi connectivity index (χ0v) is 7.34. The fourth-order valence-electron chi connectivity index (χ4n) is 0.490. The monoisotopic (exact) mass is 173 g/mol. The van der Waals surface area contributed by atoms with Crippen molar-refractivity contribution in [1.29, 1.82) is 0 Å². The van der Waals surface area contributed by atoms with Gasteiger partial charge in [-0.1, -0.05) is 18.7 Å². The second-order valence-corrected chi connectivity index (χ2v) is 3.88. The van der Waals surface area contributed by atoms with E-state index in [0.29, 0.717) is 5.82 Å². The van der Waals surface area contributed by atoms with Crippen LogP contribution in [0.5, 0.6) is 0 Å². The molecule has 4 heteroatoms. The van der Waals surface area contributed by atoms with Crippen LogP contribution < -0.4 is 5.73 Å². The molecule has 1 aromatic heterocycles. The number of aromatic nitrogens is 1. The fourth-order valence-corrected chi connectivity index (χ4v) is 2.02. The third kappa shape index (κ3) is 2.19. The Labute approximate surface area is 68.8 Å². The van der Waals surface area contributed by atoms with Crippen molar-refractivity contribution in [3.63, 3.8) is 0 Å². The first-order valence-electron chi connectivity index (χ1n) is 2.94. The molecule has 10 heavy (non-hydrogen) atoms. The molecule has 0 saturated carbocycles. The highest BCUT2D eigenvalue weighted by Gasteiger charge is 1.96. The third-order valence-electron chi connectivity index (χ3n) is 0.874. The molecule has 2 N–H and O–H groups in total. The van der Waals surface area contributed by atoms with E-state index >= 15 is 0 Å². The molecular weight excluding hydrogens is 164 g/mol. The molecule has 1 heterocycles. The normalized spacial score (nSPS) is 10.1. The number of hydrogen-bond donors (Lipinski definition) is 1. The van der Waals surface area contributed by atoms with E-state index in [1.54, 1.807) is 23.1 Å². The summed E-state index contributed by atoms with van der Waals surface area (Å²) >= 11 is 3.31. The minimum absolute atomic E-state index is 0.628. The maximum Gasteiger partial charge on any atom is 0.152 e. The summed E-state index contributed by atoms with van der Waals surface area (Å²) in [6.07, 6.45) is 2.10. The summed E-state index contributed by atoms with van der Waals surface area (Å²) in [7, 11) is 0. The van der Waals surface area contributed by atoms with Crippen LogP contribution in [0.15, 0.2) is 9.72 Å². The lowest BCUT2D eigenvalue weighted by Gasteiger charge is -1.89. The first-order valence-corrected chi connectivity index (χ1v) is 4.81. The highest BCUT2D eigenvalue weighted by Crippen LogP contribution is 2.23. The summed E-state index contributed by atoms with van der Waals surface area (Å²) in [6.45, 7) is 2.03. The Morgan fingerprint density at radius 3 is 3.20 bits per heavy atom. The van der Waals surface area contributed by atoms with E-state index in [2.05, 4.69) is 11.4 Å². The molecule has 1 rings (SSSR count). The maximum absolute atomic E-state index is 5.43. The van der Waals surface area contributed by atoms with Gasteiger partial charge in [-0.15, -0.1) is 11.3 Å². The summed E-state index contributed by atoms with van der Waals surface area (Å²) in [5.41, 5.74) is 5.43. The Bertz CT molecular complexity index is 197. The van der Waals surface area contributed by atoms with Crippen LogP contribution in [0.4, 0.5) is 5.82 Å². The van der Waals surface area contributed by atoms with Crippen molar-refractivity contribution in [2.24, 2.45) is 0 Å². The molecule has 0 fully saturated rings. The lowest BCUT2D eigenvalue weighted by molar-refractivity contribution is 1.26. The molecular formula is C6H9N2S2. The van der Waals surface area contributed by atoms with Crippen LogP contribution in [0.3, 0.4) is 0 Å². The lowest BCUT2D eigenvalue weighted by Crippen LogP contribution is -1.82. The van der Waals surface area contributed by atoms with Crippen molar-refractivity contribution in [2.45, 2.75) is 11.3 Å². The van der Waals surface area contributed by atoms with Gasteiger partial charge in [0, 0.05) is 11.1 Å². The van der Waals surface area contributed by atoms with Gasteiger partial charge in [-0.25, -0.2) is 4.98 Å². The van der Waals surface area contributed by atoms with E-state index in [-0.39, 0.29) is 0 Å². The van der Waals surface area contributed by atoms with Crippen LogP contribution in [0, 0.1) is 6.42 Å². The number of nitrogens with two attached hydrogens (primary N) is 1. The molecule has 0 aliphatic carbocycles. The van der Waals surface area contributed by atoms with Gasteiger partial charge >= 0.3 is 0 Å². The average molecular weight is 173 g/mol. The van der Waals surface area contributed by atoms with Crippen molar-refractivity contribution in [3.8, 4) is 0 Å². The van der Waals surface area contributed by atoms with Crippen LogP contribution in [0.25, 0.3) is 0 Å². The Morgan fingerprint density at radius 2 is 2.70 bits per heavy atom. The molecule has 2 nitrogen and oxygen atoms in total. The van der Waals surface area contributed by atoms with E-state index in [1.807, 2.05) is 12.3 Å². The summed E-state index contributed by atoms with van der Waals surface area (Å²) in [4.78, 5) is 4.09. The van der Waals surface area contributed by atoms with Crippen molar-refractivity contribution < 1.29 is 0 Å². The molecule has 0 bridgehead atoms. The number of rotatable bonds is 3. The van der Waals surface area contributed by atoms with Crippen molar-refractivity contribution >= 4 is 28.9 Å². The first kappa shape index (κ1) is 7.88. The Balaban J connectivity index is 2.42. The zero-order chi connectivity index (χ0) is 7.40. The van der Waals surface area contributed by atoms with Gasteiger partial charge in [0.25, 0.3) is 0 Å². The van der Waals surface area contributed by atoms with Crippen molar-refractivity contribution in [2.75, 3.05) is 11.5 Å². The molecule has 0 aliphatic heterocycles. The first-order chi connectivity index (χ1) is 4.83. The molecule has 0 saturated heterocycles. The van der Waals surface area contributed by atoms with Crippen LogP contribution >= 0.6 is 23.1 Å². The Hall–Kier alpha value is -0.220. The quantitative estimate of drug-likeness (QED) is 0.711. The Kier molecular flexibility index (Phi) is 3.02. The summed E-state index contributed by atoms with van der Waals surface area (Å²) in [6, 6.07) is 0. The molecule has 0 atom stereocenters. The smallest absolute Gasteiger partial charge is 0.152 e. The van der Waals surface area contributed by atoms with E-state index in [4.69, 9.17) is 5.73 Å². The van der Waals surface area contributed by atoms with E-state index in [0.717, 1.165) is 10.1 Å². The second kappa shape index (κ2) is 3.83. The number of anilines is 1. The van der Waals surface area contributed by atoms with Crippen LogP contribution in [-0.4, -0.2) is 10.7 Å². The minimum Gasteiger partial charge on any atom is -0.383 e. The largest absolute Gasteiger partial charge is 0.383 e. The highest BCUT2D eigenvalue weighted by atomic mass is 32.2. The van der Waals surface area contributed by atoms with Crippen LogP contribution in [0.1, 0.15) is 6.92 Å². The predicted molar refractivity (Wildman–Crippen MR) is 47.2 cm³/mol. The second-order valence-electron chi connectivity index (χ2n) is 1.76. The van der Waals surface area contributed by atoms with E-state index in [1.165, 1.54) is 0 Å². The van der Waals surface area contributed by atoms with Gasteiger partial charge in [-0.05, 0) is 6.42 Å².